The molecule has 5 aromatic rings. The fourth-order valence-electron chi connectivity index (χ4n) is 3.34. The Kier molecular flexibility index (Phi) is 3.06. The molecule has 0 unspecified atom stereocenters. The molecule has 128 valence electrons. The Bertz CT molecular complexity index is 1360. The molecule has 4 aromatic carbocycles. The molecule has 1 heterocycles. The van der Waals surface area contributed by atoms with Gasteiger partial charge in [0.2, 0.25) is 0 Å². The van der Waals surface area contributed by atoms with E-state index in [0.29, 0.717) is 11.2 Å². The second-order valence-electron chi connectivity index (χ2n) is 6.36. The molecule has 0 spiro atoms. The van der Waals surface area contributed by atoms with Crippen LogP contribution in [0.15, 0.2) is 76.0 Å². The van der Waals surface area contributed by atoms with Gasteiger partial charge < -0.3 is 8.60 Å². The molecule has 0 saturated carbocycles. The number of benzene rings is 4. The smallest absolute Gasteiger partial charge is 0.339 e. The van der Waals surface area contributed by atoms with Crippen LogP contribution in [0.25, 0.3) is 32.7 Å². The molecule has 1 aromatic heterocycles. The number of hydrogen-bond acceptors (Lipinski definition) is 4. The molecule has 0 aliphatic rings. The van der Waals surface area contributed by atoms with Crippen molar-refractivity contribution >= 4 is 42.8 Å². The Morgan fingerprint density at radius 3 is 2.27 bits per heavy atom. The van der Waals surface area contributed by atoms with Gasteiger partial charge in [0.25, 0.3) is 0 Å². The van der Waals surface area contributed by atoms with Crippen LogP contribution in [0.2, 0.25) is 0 Å². The van der Waals surface area contributed by atoms with E-state index in [1.54, 1.807) is 30.3 Å². The Labute approximate surface area is 150 Å². The number of hydrogen-bond donors (Lipinski definition) is 0. The van der Waals surface area contributed by atoms with E-state index in [-0.39, 0.29) is 10.6 Å². The molecule has 0 aliphatic heterocycles. The van der Waals surface area contributed by atoms with E-state index < -0.39 is 10.1 Å². The molecule has 4 nitrogen and oxygen atoms in total. The third kappa shape index (κ3) is 2.17. The zero-order valence-corrected chi connectivity index (χ0v) is 14.7. The van der Waals surface area contributed by atoms with Crippen molar-refractivity contribution in [3.05, 3.63) is 72.3 Å². The van der Waals surface area contributed by atoms with Crippen molar-refractivity contribution in [2.45, 2.75) is 11.8 Å². The first kappa shape index (κ1) is 15.2. The molecule has 0 radical (unpaired) electrons. The van der Waals surface area contributed by atoms with Crippen molar-refractivity contribution in [3.63, 3.8) is 0 Å². The zero-order chi connectivity index (χ0) is 17.9. The molecule has 5 heteroatoms. The summed E-state index contributed by atoms with van der Waals surface area (Å²) in [6, 6.07) is 19.9. The van der Waals surface area contributed by atoms with E-state index in [1.807, 2.05) is 43.3 Å². The standard InChI is InChI=1S/C21H14O4S/c1-13-5-10-16(11-6-13)26(22,23)25-18-12-9-15-8-7-14-3-2-4-17-19(14)20(15)21(18)24-17/h2-12H,1H3. The molecule has 0 aliphatic carbocycles. The van der Waals surface area contributed by atoms with E-state index in [4.69, 9.17) is 8.60 Å². The SMILES string of the molecule is Cc1ccc(S(=O)(=O)Oc2ccc3ccc4cccc5oc2c3c45)cc1. The van der Waals surface area contributed by atoms with Crippen LogP contribution in [-0.2, 0) is 10.1 Å². The highest BCUT2D eigenvalue weighted by Gasteiger charge is 2.22. The summed E-state index contributed by atoms with van der Waals surface area (Å²) >= 11 is 0. The normalized spacial score (nSPS) is 12.3. The minimum atomic E-state index is -3.94. The Morgan fingerprint density at radius 2 is 1.50 bits per heavy atom. The van der Waals surface area contributed by atoms with Crippen LogP contribution in [0.5, 0.6) is 5.75 Å². The van der Waals surface area contributed by atoms with E-state index in [1.165, 1.54) is 0 Å². The topological polar surface area (TPSA) is 56.5 Å². The van der Waals surface area contributed by atoms with Crippen molar-refractivity contribution in [3.8, 4) is 5.75 Å². The van der Waals surface area contributed by atoms with Crippen molar-refractivity contribution in [1.29, 1.82) is 0 Å². The Morgan fingerprint density at radius 1 is 0.808 bits per heavy atom. The van der Waals surface area contributed by atoms with Crippen LogP contribution in [0, 0.1) is 6.92 Å². The van der Waals surface area contributed by atoms with Gasteiger partial charge in [-0.1, -0.05) is 48.0 Å². The summed E-state index contributed by atoms with van der Waals surface area (Å²) in [4.78, 5) is 0.115. The maximum atomic E-state index is 12.7. The van der Waals surface area contributed by atoms with Gasteiger partial charge in [-0.15, -0.1) is 0 Å². The molecule has 0 bridgehead atoms. The molecule has 0 fully saturated rings. The number of furan rings is 1. The summed E-state index contributed by atoms with van der Waals surface area (Å²) in [6.45, 7) is 1.90. The first-order valence-corrected chi connectivity index (χ1v) is 9.61. The molecule has 0 atom stereocenters. The molecule has 0 amide bonds. The van der Waals surface area contributed by atoms with Crippen LogP contribution in [0.3, 0.4) is 0 Å². The molecule has 0 N–H and O–H groups in total. The second-order valence-corrected chi connectivity index (χ2v) is 7.91. The highest BCUT2D eigenvalue weighted by molar-refractivity contribution is 7.87. The van der Waals surface area contributed by atoms with Gasteiger partial charge in [-0.2, -0.15) is 8.42 Å². The highest BCUT2D eigenvalue weighted by atomic mass is 32.2. The van der Waals surface area contributed by atoms with Crippen LogP contribution >= 0.6 is 0 Å². The molecule has 0 saturated heterocycles. The van der Waals surface area contributed by atoms with Gasteiger partial charge >= 0.3 is 10.1 Å². The third-order valence-corrected chi connectivity index (χ3v) is 5.87. The lowest BCUT2D eigenvalue weighted by molar-refractivity contribution is 0.482. The predicted octanol–water partition coefficient (Wildman–Crippen LogP) is 5.25. The van der Waals surface area contributed by atoms with Crippen LogP contribution < -0.4 is 4.18 Å². The van der Waals surface area contributed by atoms with E-state index in [0.717, 1.165) is 27.1 Å². The average molecular weight is 362 g/mol. The van der Waals surface area contributed by atoms with Crippen molar-refractivity contribution in [2.75, 3.05) is 0 Å². The first-order valence-electron chi connectivity index (χ1n) is 8.20. The third-order valence-electron chi connectivity index (χ3n) is 4.63. The quantitative estimate of drug-likeness (QED) is 0.325. The minimum Gasteiger partial charge on any atom is -0.452 e. The Hall–Kier alpha value is -3.05. The van der Waals surface area contributed by atoms with Crippen LogP contribution in [0.1, 0.15) is 5.56 Å². The first-order chi connectivity index (χ1) is 12.5. The maximum absolute atomic E-state index is 12.7. The lowest BCUT2D eigenvalue weighted by Gasteiger charge is -2.08. The van der Waals surface area contributed by atoms with Gasteiger partial charge in [0.1, 0.15) is 10.5 Å². The van der Waals surface area contributed by atoms with Gasteiger partial charge in [0.05, 0.1) is 0 Å². The summed E-state index contributed by atoms with van der Waals surface area (Å²) in [5, 5.41) is 3.90. The minimum absolute atomic E-state index is 0.115. The van der Waals surface area contributed by atoms with Gasteiger partial charge in [0, 0.05) is 10.8 Å². The van der Waals surface area contributed by atoms with Crippen molar-refractivity contribution < 1.29 is 17.0 Å². The summed E-state index contributed by atoms with van der Waals surface area (Å²) in [5.41, 5.74) is 2.14. The monoisotopic (exact) mass is 362 g/mol. The Balaban J connectivity index is 1.71. The predicted molar refractivity (Wildman–Crippen MR) is 101 cm³/mol. The van der Waals surface area contributed by atoms with E-state index in [2.05, 4.69) is 0 Å². The van der Waals surface area contributed by atoms with E-state index >= 15 is 0 Å². The fraction of sp³-hybridized carbons (Fsp3) is 0.0476. The number of aryl methyl sites for hydroxylation is 1. The van der Waals surface area contributed by atoms with Crippen molar-refractivity contribution in [2.24, 2.45) is 0 Å². The van der Waals surface area contributed by atoms with Crippen molar-refractivity contribution in [1.82, 2.24) is 0 Å². The summed E-state index contributed by atoms with van der Waals surface area (Å²) in [6.07, 6.45) is 0. The van der Waals surface area contributed by atoms with Crippen LogP contribution in [-0.4, -0.2) is 8.42 Å². The van der Waals surface area contributed by atoms with Crippen LogP contribution in [0.4, 0.5) is 0 Å². The average Bonchev–Trinajstić information content (AvgIpc) is 3.03. The molecular weight excluding hydrogens is 348 g/mol. The zero-order valence-electron chi connectivity index (χ0n) is 13.9. The number of rotatable bonds is 3. The molecule has 5 rings (SSSR count). The summed E-state index contributed by atoms with van der Waals surface area (Å²) < 4.78 is 36.7. The molecular formula is C21H14O4S. The lowest BCUT2D eigenvalue weighted by atomic mass is 10.0. The van der Waals surface area contributed by atoms with Gasteiger partial charge in [-0.05, 0) is 42.0 Å². The lowest BCUT2D eigenvalue weighted by Crippen LogP contribution is -2.09. The van der Waals surface area contributed by atoms with Gasteiger partial charge in [-0.3, -0.25) is 0 Å². The van der Waals surface area contributed by atoms with Gasteiger partial charge in [0.15, 0.2) is 11.3 Å². The maximum Gasteiger partial charge on any atom is 0.339 e. The summed E-state index contributed by atoms with van der Waals surface area (Å²) in [5.74, 6) is 0.196. The summed E-state index contributed by atoms with van der Waals surface area (Å²) in [7, 11) is -3.94. The fourth-order valence-corrected chi connectivity index (χ4v) is 4.28. The molecule has 26 heavy (non-hydrogen) atoms. The highest BCUT2D eigenvalue weighted by Crippen LogP contribution is 2.41. The van der Waals surface area contributed by atoms with Gasteiger partial charge in [-0.25, -0.2) is 0 Å². The largest absolute Gasteiger partial charge is 0.452 e. The second kappa shape index (κ2) is 5.22. The van der Waals surface area contributed by atoms with E-state index in [9.17, 15) is 8.42 Å².